The number of fused-ring (bicyclic) bond motifs is 3. The average Bonchev–Trinajstić information content (AvgIpc) is 3.34. The summed E-state index contributed by atoms with van der Waals surface area (Å²) in [4.78, 5) is 19.8. The average molecular weight is 626 g/mol. The zero-order valence-electron chi connectivity index (χ0n) is 23.2. The van der Waals surface area contributed by atoms with Crippen molar-refractivity contribution in [1.82, 2.24) is 4.57 Å². The number of ether oxygens (including phenoxy) is 2. The van der Waals surface area contributed by atoms with Gasteiger partial charge in [0.15, 0.2) is 16.3 Å². The highest BCUT2D eigenvalue weighted by molar-refractivity contribution is 7.07. The fourth-order valence-electron chi connectivity index (χ4n) is 5.80. The van der Waals surface area contributed by atoms with E-state index in [0.717, 1.165) is 40.8 Å². The standard InChI is InChI=1S/C35H26Cl2N2O3S/c1-41-30-17-21(11-16-29(30)42-20-24-12-14-25(36)19-28(24)37)18-31-34(40)39-33(23-8-3-2-4-9-23)27-15-13-22-7-5-6-10-26(22)32(27)38-35(39)43-31/h2-12,14,16-19,33H,13,15,20H2,1H3/b31-18-/t33-/m1/s1. The Bertz CT molecular complexity index is 2080. The molecule has 0 unspecified atom stereocenters. The summed E-state index contributed by atoms with van der Waals surface area (Å²) < 4.78 is 14.1. The second-order valence-electron chi connectivity index (χ2n) is 10.5. The van der Waals surface area contributed by atoms with Crippen LogP contribution < -0.4 is 24.4 Å². The smallest absolute Gasteiger partial charge is 0.271 e. The molecule has 7 rings (SSSR count). The number of hydrogen-bond acceptors (Lipinski definition) is 5. The van der Waals surface area contributed by atoms with Gasteiger partial charge in [-0.05, 0) is 65.4 Å². The van der Waals surface area contributed by atoms with Crippen LogP contribution in [0.2, 0.25) is 10.0 Å². The number of methoxy groups -OCH3 is 1. The number of aromatic nitrogens is 1. The Balaban J connectivity index is 1.29. The molecule has 0 amide bonds. The third kappa shape index (κ3) is 5.20. The Morgan fingerprint density at radius 1 is 0.953 bits per heavy atom. The van der Waals surface area contributed by atoms with Gasteiger partial charge in [-0.3, -0.25) is 9.36 Å². The molecule has 0 fully saturated rings. The number of halogens is 2. The van der Waals surface area contributed by atoms with Crippen LogP contribution in [0, 0.1) is 0 Å². The Morgan fingerprint density at radius 2 is 1.77 bits per heavy atom. The van der Waals surface area contributed by atoms with Crippen molar-refractivity contribution in [2.45, 2.75) is 25.5 Å². The van der Waals surface area contributed by atoms with Gasteiger partial charge in [-0.25, -0.2) is 4.99 Å². The normalized spacial score (nSPS) is 15.8. The molecule has 214 valence electrons. The lowest BCUT2D eigenvalue weighted by atomic mass is 9.83. The van der Waals surface area contributed by atoms with E-state index in [1.807, 2.05) is 53.1 Å². The van der Waals surface area contributed by atoms with Gasteiger partial charge < -0.3 is 9.47 Å². The van der Waals surface area contributed by atoms with Crippen molar-refractivity contribution in [3.05, 3.63) is 154 Å². The molecule has 1 atom stereocenters. The molecule has 0 saturated heterocycles. The molecule has 43 heavy (non-hydrogen) atoms. The van der Waals surface area contributed by atoms with Gasteiger partial charge in [0.05, 0.1) is 23.4 Å². The van der Waals surface area contributed by atoms with Crippen LogP contribution in [0.3, 0.4) is 0 Å². The topological polar surface area (TPSA) is 52.8 Å². The highest BCUT2D eigenvalue weighted by Gasteiger charge is 2.32. The first-order chi connectivity index (χ1) is 21.0. The minimum absolute atomic E-state index is 0.0558. The Morgan fingerprint density at radius 3 is 2.58 bits per heavy atom. The monoisotopic (exact) mass is 624 g/mol. The molecule has 2 heterocycles. The van der Waals surface area contributed by atoms with E-state index in [1.165, 1.54) is 22.5 Å². The van der Waals surface area contributed by atoms with Gasteiger partial charge in [0, 0.05) is 21.2 Å². The molecule has 0 radical (unpaired) electrons. The second-order valence-corrected chi connectivity index (χ2v) is 12.3. The number of aryl methyl sites for hydroxylation is 1. The lowest BCUT2D eigenvalue weighted by Gasteiger charge is -2.30. The molecule has 0 bridgehead atoms. The van der Waals surface area contributed by atoms with Crippen molar-refractivity contribution in [3.8, 4) is 11.5 Å². The van der Waals surface area contributed by atoms with E-state index in [4.69, 9.17) is 37.7 Å². The van der Waals surface area contributed by atoms with Crippen molar-refractivity contribution in [3.63, 3.8) is 0 Å². The molecule has 1 aliphatic heterocycles. The number of thiazole rings is 1. The summed E-state index contributed by atoms with van der Waals surface area (Å²) in [6.45, 7) is 0.261. The summed E-state index contributed by atoms with van der Waals surface area (Å²) in [6.07, 6.45) is 3.68. The van der Waals surface area contributed by atoms with Crippen molar-refractivity contribution in [2.75, 3.05) is 7.11 Å². The van der Waals surface area contributed by atoms with Crippen LogP contribution in [0.5, 0.6) is 11.5 Å². The number of benzene rings is 4. The summed E-state index contributed by atoms with van der Waals surface area (Å²) in [5, 5.41) is 1.11. The minimum Gasteiger partial charge on any atom is -0.493 e. The van der Waals surface area contributed by atoms with Crippen molar-refractivity contribution < 1.29 is 9.47 Å². The van der Waals surface area contributed by atoms with Crippen molar-refractivity contribution in [2.24, 2.45) is 4.99 Å². The van der Waals surface area contributed by atoms with E-state index in [-0.39, 0.29) is 18.2 Å². The van der Waals surface area contributed by atoms with Gasteiger partial charge in [0.2, 0.25) is 0 Å². The van der Waals surface area contributed by atoms with Crippen LogP contribution in [0.4, 0.5) is 0 Å². The number of nitrogens with zero attached hydrogens (tertiary/aromatic N) is 2. The van der Waals surface area contributed by atoms with Crippen LogP contribution in [0.25, 0.3) is 11.8 Å². The van der Waals surface area contributed by atoms with Crippen molar-refractivity contribution >= 4 is 46.3 Å². The number of allylic oxidation sites excluding steroid dienone is 1. The maximum Gasteiger partial charge on any atom is 0.271 e. The Kier molecular flexibility index (Phi) is 7.43. The Hall–Kier alpha value is -4.10. The predicted molar refractivity (Wildman–Crippen MR) is 173 cm³/mol. The molecule has 5 nitrogen and oxygen atoms in total. The SMILES string of the molecule is COc1cc(/C=c2\sc3n(c2=O)[C@H](c2ccccc2)C2=C(N=3)c3ccccc3CC2)ccc1OCc1ccc(Cl)cc1Cl. The van der Waals surface area contributed by atoms with Gasteiger partial charge >= 0.3 is 0 Å². The fourth-order valence-corrected chi connectivity index (χ4v) is 7.26. The maximum atomic E-state index is 14.0. The zero-order chi connectivity index (χ0) is 29.5. The molecule has 0 saturated carbocycles. The predicted octanol–water partition coefficient (Wildman–Crippen LogP) is 7.21. The molecule has 1 aromatic heterocycles. The largest absolute Gasteiger partial charge is 0.493 e. The quantitative estimate of drug-likeness (QED) is 0.200. The molecule has 1 aliphatic carbocycles. The molecule has 4 aromatic carbocycles. The first kappa shape index (κ1) is 27.7. The molecule has 0 N–H and O–H groups in total. The van der Waals surface area contributed by atoms with E-state index >= 15 is 0 Å². The van der Waals surface area contributed by atoms with E-state index in [9.17, 15) is 4.79 Å². The third-order valence-electron chi connectivity index (χ3n) is 7.87. The highest BCUT2D eigenvalue weighted by Crippen LogP contribution is 2.41. The molecule has 5 aromatic rings. The van der Waals surface area contributed by atoms with E-state index < -0.39 is 0 Å². The molecular weight excluding hydrogens is 599 g/mol. The summed E-state index contributed by atoms with van der Waals surface area (Å²) >= 11 is 13.7. The lowest BCUT2D eigenvalue weighted by Crippen LogP contribution is -2.38. The van der Waals surface area contributed by atoms with Crippen LogP contribution in [-0.2, 0) is 13.0 Å². The molecule has 8 heteroatoms. The summed E-state index contributed by atoms with van der Waals surface area (Å²) in [5.41, 5.74) is 7.30. The van der Waals surface area contributed by atoms with E-state index in [2.05, 4.69) is 36.4 Å². The van der Waals surface area contributed by atoms with E-state index in [1.54, 1.807) is 19.2 Å². The van der Waals surface area contributed by atoms with Crippen LogP contribution in [0.1, 0.15) is 40.3 Å². The van der Waals surface area contributed by atoms with Crippen molar-refractivity contribution in [1.29, 1.82) is 0 Å². The minimum atomic E-state index is -0.201. The summed E-state index contributed by atoms with van der Waals surface area (Å²) in [7, 11) is 1.59. The van der Waals surface area contributed by atoms with Crippen LogP contribution >= 0.6 is 34.5 Å². The molecular formula is C35H26Cl2N2O3S. The third-order valence-corrected chi connectivity index (χ3v) is 9.44. The molecule has 2 aliphatic rings. The molecule has 0 spiro atoms. The number of rotatable bonds is 6. The number of hydrogen-bond donors (Lipinski definition) is 0. The fraction of sp³-hybridized carbons (Fsp3) is 0.143. The summed E-state index contributed by atoms with van der Waals surface area (Å²) in [6, 6.07) is 29.4. The second kappa shape index (κ2) is 11.5. The van der Waals surface area contributed by atoms with Gasteiger partial charge in [0.25, 0.3) is 5.56 Å². The zero-order valence-corrected chi connectivity index (χ0v) is 25.5. The van der Waals surface area contributed by atoms with Crippen LogP contribution in [-0.4, -0.2) is 11.7 Å². The first-order valence-electron chi connectivity index (χ1n) is 13.9. The van der Waals surface area contributed by atoms with Gasteiger partial charge in [-0.15, -0.1) is 0 Å². The van der Waals surface area contributed by atoms with E-state index in [0.29, 0.717) is 30.9 Å². The van der Waals surface area contributed by atoms with Gasteiger partial charge in [0.1, 0.15) is 6.61 Å². The van der Waals surface area contributed by atoms with Crippen LogP contribution in [0.15, 0.2) is 106 Å². The van der Waals surface area contributed by atoms with Gasteiger partial charge in [-0.1, -0.05) is 101 Å². The highest BCUT2D eigenvalue weighted by atomic mass is 35.5. The maximum absolute atomic E-state index is 14.0. The first-order valence-corrected chi connectivity index (χ1v) is 15.5. The van der Waals surface area contributed by atoms with Gasteiger partial charge in [-0.2, -0.15) is 0 Å². The summed E-state index contributed by atoms with van der Waals surface area (Å²) in [5.74, 6) is 1.13. The lowest BCUT2D eigenvalue weighted by molar-refractivity contribution is 0.284. The Labute approximate surface area is 262 Å².